The predicted molar refractivity (Wildman–Crippen MR) is 119 cm³/mol. The van der Waals surface area contributed by atoms with Crippen molar-refractivity contribution < 1.29 is 28.5 Å². The molecule has 2 saturated heterocycles. The van der Waals surface area contributed by atoms with E-state index in [0.29, 0.717) is 33.3 Å². The van der Waals surface area contributed by atoms with Crippen molar-refractivity contribution in [3.05, 3.63) is 42.0 Å². The van der Waals surface area contributed by atoms with E-state index in [0.717, 1.165) is 17.1 Å². The maximum absolute atomic E-state index is 12.8. The zero-order valence-corrected chi connectivity index (χ0v) is 18.5. The first-order valence-corrected chi connectivity index (χ1v) is 12.0. The summed E-state index contributed by atoms with van der Waals surface area (Å²) < 4.78 is 22.2. The summed E-state index contributed by atoms with van der Waals surface area (Å²) in [5.74, 6) is 3.28. The summed E-state index contributed by atoms with van der Waals surface area (Å²) >= 11 is 3.80. The molecule has 3 heterocycles. The van der Waals surface area contributed by atoms with Crippen LogP contribution in [0.5, 0.6) is 23.0 Å². The normalized spacial score (nSPS) is 20.4. The van der Waals surface area contributed by atoms with Gasteiger partial charge in [0.15, 0.2) is 23.0 Å². The Morgan fingerprint density at radius 2 is 1.87 bits per heavy atom. The van der Waals surface area contributed by atoms with Gasteiger partial charge in [-0.05, 0) is 29.8 Å². The van der Waals surface area contributed by atoms with Crippen LogP contribution in [0.2, 0.25) is 0 Å². The van der Waals surface area contributed by atoms with Gasteiger partial charge in [0, 0.05) is 36.2 Å². The molecule has 0 unspecified atom stereocenters. The minimum absolute atomic E-state index is 0.100. The maximum atomic E-state index is 12.8. The monoisotopic (exact) mass is 459 g/mol. The number of ether oxygens (including phenoxy) is 4. The van der Waals surface area contributed by atoms with Crippen LogP contribution in [0.15, 0.2) is 36.4 Å². The number of rotatable bonds is 5. The quantitative estimate of drug-likeness (QED) is 0.493. The van der Waals surface area contributed by atoms with E-state index in [-0.39, 0.29) is 25.7 Å². The van der Waals surface area contributed by atoms with Crippen molar-refractivity contribution in [2.45, 2.75) is 11.0 Å². The average Bonchev–Trinajstić information content (AvgIpc) is 3.54. The number of carbonyl (C=O) groups is 2. The van der Waals surface area contributed by atoms with Gasteiger partial charge in [-0.3, -0.25) is 9.59 Å². The summed E-state index contributed by atoms with van der Waals surface area (Å²) in [5, 5.41) is 0. The highest BCUT2D eigenvalue weighted by Gasteiger charge is 2.37. The van der Waals surface area contributed by atoms with Crippen molar-refractivity contribution in [2.75, 3.05) is 36.9 Å². The fraction of sp³-hybridized carbons (Fsp3) is 0.364. The molecule has 0 radical (unpaired) electrons. The van der Waals surface area contributed by atoms with E-state index in [4.69, 9.17) is 18.9 Å². The molecule has 2 aromatic carbocycles. The van der Waals surface area contributed by atoms with E-state index < -0.39 is 11.9 Å². The van der Waals surface area contributed by atoms with Crippen molar-refractivity contribution in [3.8, 4) is 23.0 Å². The fourth-order valence-electron chi connectivity index (χ4n) is 3.83. The number of anilines is 1. The Hall–Kier alpha value is -2.52. The Labute approximate surface area is 188 Å². The third-order valence-electron chi connectivity index (χ3n) is 5.42. The van der Waals surface area contributed by atoms with E-state index in [1.165, 1.54) is 0 Å². The summed E-state index contributed by atoms with van der Waals surface area (Å²) in [5.41, 5.74) is 1.83. The molecule has 0 aromatic heterocycles. The smallest absolute Gasteiger partial charge is 0.316 e. The van der Waals surface area contributed by atoms with Gasteiger partial charge in [0.2, 0.25) is 12.7 Å². The number of fused-ring (bicyclic) bond motifs is 1. The number of hydrogen-bond donors (Lipinski definition) is 0. The first kappa shape index (κ1) is 20.4. The van der Waals surface area contributed by atoms with Crippen LogP contribution < -0.4 is 23.8 Å². The summed E-state index contributed by atoms with van der Waals surface area (Å²) in [4.78, 5) is 27.0. The number of methoxy groups -OCH3 is 1. The van der Waals surface area contributed by atoms with Crippen LogP contribution in [0.4, 0.5) is 5.69 Å². The van der Waals surface area contributed by atoms with Gasteiger partial charge in [-0.25, -0.2) is 0 Å². The average molecular weight is 460 g/mol. The minimum atomic E-state index is -0.553. The highest BCUT2D eigenvalue weighted by molar-refractivity contribution is 8.19. The molecule has 2 aromatic rings. The summed E-state index contributed by atoms with van der Waals surface area (Å²) in [6.07, 6.45) is 0.100. The first-order valence-electron chi connectivity index (χ1n) is 9.95. The zero-order valence-electron chi connectivity index (χ0n) is 16.9. The lowest BCUT2D eigenvalue weighted by Crippen LogP contribution is -2.27. The molecule has 2 fully saturated rings. The van der Waals surface area contributed by atoms with Crippen molar-refractivity contribution in [1.82, 2.24) is 0 Å². The molecule has 162 valence electrons. The molecule has 3 aliphatic heterocycles. The number of esters is 1. The van der Waals surface area contributed by atoms with Crippen molar-refractivity contribution in [1.29, 1.82) is 0 Å². The first-order chi connectivity index (χ1) is 15.1. The molecular weight excluding hydrogens is 438 g/mol. The summed E-state index contributed by atoms with van der Waals surface area (Å²) in [6.45, 7) is 0.424. The van der Waals surface area contributed by atoms with Crippen LogP contribution in [0, 0.1) is 5.92 Å². The number of carbonyl (C=O) groups excluding carboxylic acids is 2. The highest BCUT2D eigenvalue weighted by atomic mass is 32.2. The number of amides is 1. The van der Waals surface area contributed by atoms with Crippen molar-refractivity contribution >= 4 is 41.1 Å². The number of hydrogen-bond acceptors (Lipinski definition) is 8. The summed E-state index contributed by atoms with van der Waals surface area (Å²) in [7, 11) is 1.56. The van der Waals surface area contributed by atoms with Gasteiger partial charge < -0.3 is 23.8 Å². The molecule has 9 heteroatoms. The lowest BCUT2D eigenvalue weighted by atomic mass is 10.1. The molecule has 31 heavy (non-hydrogen) atoms. The Morgan fingerprint density at radius 1 is 1.06 bits per heavy atom. The van der Waals surface area contributed by atoms with Crippen LogP contribution in [-0.4, -0.2) is 43.8 Å². The minimum Gasteiger partial charge on any atom is -0.493 e. The fourth-order valence-corrected chi connectivity index (χ4v) is 6.66. The van der Waals surface area contributed by atoms with Crippen molar-refractivity contribution in [2.24, 2.45) is 5.92 Å². The molecule has 1 amide bonds. The third-order valence-corrected chi connectivity index (χ3v) is 8.52. The topological polar surface area (TPSA) is 74.3 Å². The van der Waals surface area contributed by atoms with Gasteiger partial charge in [0.05, 0.1) is 17.6 Å². The Morgan fingerprint density at radius 3 is 2.68 bits per heavy atom. The Kier molecular flexibility index (Phi) is 5.62. The van der Waals surface area contributed by atoms with Crippen LogP contribution in [-0.2, 0) is 9.59 Å². The molecular formula is C22H21NO6S2. The third kappa shape index (κ3) is 4.04. The van der Waals surface area contributed by atoms with Crippen LogP contribution >= 0.6 is 23.5 Å². The van der Waals surface area contributed by atoms with Gasteiger partial charge >= 0.3 is 5.97 Å². The molecule has 1 atom stereocenters. The zero-order chi connectivity index (χ0) is 21.4. The van der Waals surface area contributed by atoms with E-state index in [2.05, 4.69) is 0 Å². The van der Waals surface area contributed by atoms with Gasteiger partial charge in [-0.15, -0.1) is 23.5 Å². The molecule has 0 bridgehead atoms. The standard InChI is InChI=1S/C22H21NO6S2/c1-26-18-8-13(22-30-6-7-31-22)2-4-17(18)29-21(25)14-9-20(24)23(11-14)15-3-5-16-19(10-15)28-12-27-16/h2-5,8,10,14,22H,6-7,9,11-12H2,1H3/t14-/m0/s1. The van der Waals surface area contributed by atoms with Crippen LogP contribution in [0.1, 0.15) is 16.6 Å². The molecule has 5 rings (SSSR count). The van der Waals surface area contributed by atoms with Gasteiger partial charge in [0.25, 0.3) is 0 Å². The second kappa shape index (κ2) is 8.55. The van der Waals surface area contributed by atoms with Gasteiger partial charge in [-0.1, -0.05) is 6.07 Å². The molecule has 0 spiro atoms. The molecule has 7 nitrogen and oxygen atoms in total. The number of nitrogens with zero attached hydrogens (tertiary/aromatic N) is 1. The van der Waals surface area contributed by atoms with E-state index >= 15 is 0 Å². The second-order valence-corrected chi connectivity index (χ2v) is 10.1. The van der Waals surface area contributed by atoms with E-state index in [9.17, 15) is 9.59 Å². The van der Waals surface area contributed by atoms with Gasteiger partial charge in [0.1, 0.15) is 0 Å². The molecule has 0 N–H and O–H groups in total. The largest absolute Gasteiger partial charge is 0.493 e. The Balaban J connectivity index is 1.28. The molecule has 0 saturated carbocycles. The lowest BCUT2D eigenvalue weighted by molar-refractivity contribution is -0.139. The van der Waals surface area contributed by atoms with E-state index in [1.807, 2.05) is 35.7 Å². The summed E-state index contributed by atoms with van der Waals surface area (Å²) in [6, 6.07) is 11.0. The van der Waals surface area contributed by atoms with Crippen LogP contribution in [0.3, 0.4) is 0 Å². The number of benzene rings is 2. The predicted octanol–water partition coefficient (Wildman–Crippen LogP) is 3.86. The highest BCUT2D eigenvalue weighted by Crippen LogP contribution is 2.47. The SMILES string of the molecule is COc1cc(C2SCCS2)ccc1OC(=O)[C@H]1CC(=O)N(c2ccc3c(c2)OCO3)C1. The lowest BCUT2D eigenvalue weighted by Gasteiger charge is -2.17. The van der Waals surface area contributed by atoms with Crippen LogP contribution in [0.25, 0.3) is 0 Å². The van der Waals surface area contributed by atoms with Gasteiger partial charge in [-0.2, -0.15) is 0 Å². The van der Waals surface area contributed by atoms with Crippen molar-refractivity contribution in [3.63, 3.8) is 0 Å². The maximum Gasteiger partial charge on any atom is 0.316 e. The number of thioether (sulfide) groups is 2. The van der Waals surface area contributed by atoms with E-state index in [1.54, 1.807) is 36.3 Å². The molecule has 3 aliphatic rings. The second-order valence-electron chi connectivity index (χ2n) is 7.35. The molecule has 0 aliphatic carbocycles. The Bertz CT molecular complexity index is 1020.